The minimum atomic E-state index is -0.207. The van der Waals surface area contributed by atoms with Gasteiger partial charge < -0.3 is 0 Å². The van der Waals surface area contributed by atoms with E-state index in [1.54, 1.807) is 23.5 Å². The second kappa shape index (κ2) is 7.61. The zero-order valence-corrected chi connectivity index (χ0v) is 17.5. The van der Waals surface area contributed by atoms with Crippen molar-refractivity contribution in [1.82, 2.24) is 15.0 Å². The summed E-state index contributed by atoms with van der Waals surface area (Å²) in [5, 5.41) is 8.95. The summed E-state index contributed by atoms with van der Waals surface area (Å²) in [5.74, 6) is 0.476. The zero-order chi connectivity index (χ0) is 20.7. The molecule has 2 aromatic heterocycles. The topological polar surface area (TPSA) is 64.8 Å². The number of nitrogens with zero attached hydrogens (tertiary/aromatic N) is 3. The molecule has 5 nitrogen and oxygen atoms in total. The van der Waals surface area contributed by atoms with Crippen LogP contribution >= 0.6 is 11.3 Å². The maximum Gasteiger partial charge on any atom is 0.279 e. The number of fused-ring (bicyclic) bond motifs is 3. The molecule has 0 fully saturated rings. The van der Waals surface area contributed by atoms with Crippen LogP contribution < -0.4 is 5.56 Å². The molecule has 0 N–H and O–H groups in total. The Balaban J connectivity index is 1.42. The van der Waals surface area contributed by atoms with Crippen molar-refractivity contribution >= 4 is 27.3 Å². The lowest BCUT2D eigenvalue weighted by Gasteiger charge is -2.17. The number of carbonyl (C=O) groups excluding carboxylic acids is 1. The predicted octanol–water partition coefficient (Wildman–Crippen LogP) is 4.53. The number of carbonyl (C=O) groups is 1. The number of rotatable bonds is 4. The summed E-state index contributed by atoms with van der Waals surface area (Å²) in [4.78, 5) is 27.8. The van der Waals surface area contributed by atoms with E-state index in [4.69, 9.17) is 0 Å². The number of ketones is 1. The second-order valence-corrected chi connectivity index (χ2v) is 9.03. The summed E-state index contributed by atoms with van der Waals surface area (Å²) in [5.41, 5.74) is 3.61. The monoisotopic (exact) mass is 415 g/mol. The normalized spacial score (nSPS) is 15.8. The Labute approximate surface area is 178 Å². The average molecular weight is 416 g/mol. The van der Waals surface area contributed by atoms with E-state index in [9.17, 15) is 9.59 Å². The number of thiophene rings is 1. The molecular weight excluding hydrogens is 394 g/mol. The quantitative estimate of drug-likeness (QED) is 0.460. The third kappa shape index (κ3) is 3.37. The van der Waals surface area contributed by atoms with E-state index in [1.165, 1.54) is 9.56 Å². The lowest BCUT2D eigenvalue weighted by Crippen LogP contribution is -2.28. The zero-order valence-electron chi connectivity index (χ0n) is 16.7. The molecular formula is C24H21N3O2S. The van der Waals surface area contributed by atoms with Gasteiger partial charge in [-0.05, 0) is 41.9 Å². The summed E-state index contributed by atoms with van der Waals surface area (Å²) in [6, 6.07) is 17.5. The number of Topliss-reactive ketones (excluding diaryl/α,β-unsaturated/α-hetero) is 1. The van der Waals surface area contributed by atoms with Crippen molar-refractivity contribution < 1.29 is 4.79 Å². The molecule has 4 aromatic rings. The lowest BCUT2D eigenvalue weighted by molar-refractivity contribution is 0.0964. The number of aromatic nitrogens is 3. The molecule has 1 unspecified atom stereocenters. The summed E-state index contributed by atoms with van der Waals surface area (Å²) in [6.07, 6.45) is 2.96. The molecule has 0 spiro atoms. The largest absolute Gasteiger partial charge is 0.292 e. The first-order valence-corrected chi connectivity index (χ1v) is 11.0. The Morgan fingerprint density at radius 1 is 1.10 bits per heavy atom. The molecule has 0 aliphatic heterocycles. The first-order chi connectivity index (χ1) is 14.6. The van der Waals surface area contributed by atoms with Gasteiger partial charge in [-0.25, -0.2) is 4.68 Å². The van der Waals surface area contributed by atoms with Crippen LogP contribution in [0.1, 0.15) is 34.1 Å². The van der Waals surface area contributed by atoms with Crippen LogP contribution in [0.4, 0.5) is 0 Å². The van der Waals surface area contributed by atoms with Crippen molar-refractivity contribution in [3.05, 3.63) is 81.0 Å². The van der Waals surface area contributed by atoms with Gasteiger partial charge in [-0.3, -0.25) is 9.59 Å². The SMILES string of the molecule is CC1CCc2c(sc3nnn(CC(=O)c4ccc(-c5ccccc5)cc4)c(=O)c23)C1. The van der Waals surface area contributed by atoms with Crippen LogP contribution in [-0.2, 0) is 19.4 Å². The van der Waals surface area contributed by atoms with Gasteiger partial charge in [0.1, 0.15) is 6.54 Å². The first kappa shape index (κ1) is 18.9. The van der Waals surface area contributed by atoms with Gasteiger partial charge in [-0.1, -0.05) is 66.7 Å². The van der Waals surface area contributed by atoms with Crippen molar-refractivity contribution in [3.8, 4) is 11.1 Å². The Kier molecular flexibility index (Phi) is 4.79. The van der Waals surface area contributed by atoms with Gasteiger partial charge in [0, 0.05) is 10.4 Å². The summed E-state index contributed by atoms with van der Waals surface area (Å²) >= 11 is 1.57. The van der Waals surface area contributed by atoms with Crippen LogP contribution in [0.2, 0.25) is 0 Å². The Morgan fingerprint density at radius 2 is 1.83 bits per heavy atom. The van der Waals surface area contributed by atoms with Crippen LogP contribution in [0.5, 0.6) is 0 Å². The Bertz CT molecular complexity index is 1290. The van der Waals surface area contributed by atoms with Crippen LogP contribution in [0.15, 0.2) is 59.4 Å². The highest BCUT2D eigenvalue weighted by atomic mass is 32.1. The van der Waals surface area contributed by atoms with Gasteiger partial charge in [0.05, 0.1) is 5.39 Å². The number of aryl methyl sites for hydroxylation is 1. The maximum atomic E-state index is 13.1. The molecule has 6 heteroatoms. The number of hydrogen-bond donors (Lipinski definition) is 0. The summed E-state index contributed by atoms with van der Waals surface area (Å²) < 4.78 is 1.21. The molecule has 1 aliphatic carbocycles. The van der Waals surface area contributed by atoms with Crippen molar-refractivity contribution in [1.29, 1.82) is 0 Å². The van der Waals surface area contributed by atoms with Gasteiger partial charge in [0.25, 0.3) is 5.56 Å². The van der Waals surface area contributed by atoms with Crippen molar-refractivity contribution in [2.24, 2.45) is 5.92 Å². The summed E-state index contributed by atoms with van der Waals surface area (Å²) in [6.45, 7) is 2.13. The van der Waals surface area contributed by atoms with Crippen LogP contribution in [0.3, 0.4) is 0 Å². The molecule has 0 saturated carbocycles. The van der Waals surface area contributed by atoms with Gasteiger partial charge in [-0.15, -0.1) is 16.4 Å². The Morgan fingerprint density at radius 3 is 2.60 bits per heavy atom. The van der Waals surface area contributed by atoms with E-state index in [1.807, 2.05) is 42.5 Å². The Hall–Kier alpha value is -3.12. The molecule has 2 aromatic carbocycles. The molecule has 1 atom stereocenters. The molecule has 0 amide bonds. The third-order valence-corrected chi connectivity index (χ3v) is 6.93. The van der Waals surface area contributed by atoms with E-state index >= 15 is 0 Å². The fourth-order valence-corrected chi connectivity index (χ4v) is 5.42. The molecule has 0 saturated heterocycles. The average Bonchev–Trinajstić information content (AvgIpc) is 3.14. The van der Waals surface area contributed by atoms with E-state index in [2.05, 4.69) is 17.2 Å². The minimum Gasteiger partial charge on any atom is -0.292 e. The highest BCUT2D eigenvalue weighted by Crippen LogP contribution is 2.35. The standard InChI is InChI=1S/C24H21N3O2S/c1-15-7-12-19-21(13-15)30-23-22(19)24(29)27(26-25-23)14-20(28)18-10-8-17(9-11-18)16-5-3-2-4-6-16/h2-6,8-11,15H,7,12-14H2,1H3. The van der Waals surface area contributed by atoms with Gasteiger partial charge in [0.15, 0.2) is 10.6 Å². The van der Waals surface area contributed by atoms with E-state index in [0.717, 1.165) is 36.0 Å². The number of hydrogen-bond acceptors (Lipinski definition) is 5. The second-order valence-electron chi connectivity index (χ2n) is 7.95. The maximum absolute atomic E-state index is 13.1. The van der Waals surface area contributed by atoms with Gasteiger partial charge in [0.2, 0.25) is 0 Å². The van der Waals surface area contributed by atoms with Crippen LogP contribution in [-0.4, -0.2) is 20.8 Å². The number of benzene rings is 2. The molecule has 0 bridgehead atoms. The molecule has 2 heterocycles. The van der Waals surface area contributed by atoms with Crippen molar-refractivity contribution in [3.63, 3.8) is 0 Å². The van der Waals surface area contributed by atoms with E-state index in [0.29, 0.717) is 21.7 Å². The van der Waals surface area contributed by atoms with Crippen LogP contribution in [0, 0.1) is 5.92 Å². The third-order valence-electron chi connectivity index (χ3n) is 5.79. The highest BCUT2D eigenvalue weighted by Gasteiger charge is 2.24. The predicted molar refractivity (Wildman–Crippen MR) is 119 cm³/mol. The van der Waals surface area contributed by atoms with Gasteiger partial charge in [-0.2, -0.15) is 0 Å². The highest BCUT2D eigenvalue weighted by molar-refractivity contribution is 7.18. The smallest absolute Gasteiger partial charge is 0.279 e. The molecule has 150 valence electrons. The van der Waals surface area contributed by atoms with Gasteiger partial charge >= 0.3 is 0 Å². The molecule has 1 aliphatic rings. The molecule has 0 radical (unpaired) electrons. The fraction of sp³-hybridized carbons (Fsp3) is 0.250. The molecule has 30 heavy (non-hydrogen) atoms. The lowest BCUT2D eigenvalue weighted by atomic mass is 9.89. The van der Waals surface area contributed by atoms with E-state index < -0.39 is 0 Å². The van der Waals surface area contributed by atoms with E-state index in [-0.39, 0.29) is 17.9 Å². The minimum absolute atomic E-state index is 0.104. The van der Waals surface area contributed by atoms with Crippen LogP contribution in [0.25, 0.3) is 21.3 Å². The summed E-state index contributed by atoms with van der Waals surface area (Å²) in [7, 11) is 0. The van der Waals surface area contributed by atoms with Crippen molar-refractivity contribution in [2.75, 3.05) is 0 Å². The van der Waals surface area contributed by atoms with Crippen molar-refractivity contribution in [2.45, 2.75) is 32.7 Å². The first-order valence-electron chi connectivity index (χ1n) is 10.2. The fourth-order valence-electron chi connectivity index (χ4n) is 4.10. The molecule has 5 rings (SSSR count).